The summed E-state index contributed by atoms with van der Waals surface area (Å²) in [5, 5.41) is 9.59. The van der Waals surface area contributed by atoms with E-state index in [0.29, 0.717) is 5.69 Å². The maximum atomic E-state index is 9.59. The third kappa shape index (κ3) is 3.39. The minimum Gasteiger partial charge on any atom is -0.309 e. The van der Waals surface area contributed by atoms with Gasteiger partial charge in [-0.3, -0.25) is 0 Å². The van der Waals surface area contributed by atoms with Gasteiger partial charge in [0.05, 0.1) is 17.1 Å². The summed E-state index contributed by atoms with van der Waals surface area (Å²) in [7, 11) is 0. The summed E-state index contributed by atoms with van der Waals surface area (Å²) >= 11 is 0. The molecule has 0 aliphatic carbocycles. The van der Waals surface area contributed by atoms with E-state index in [9.17, 15) is 5.26 Å². The van der Waals surface area contributed by atoms with Gasteiger partial charge in [-0.1, -0.05) is 86.6 Å². The van der Waals surface area contributed by atoms with Crippen LogP contribution in [-0.2, 0) is 5.41 Å². The average Bonchev–Trinajstić information content (AvgIpc) is 2.94. The highest BCUT2D eigenvalue weighted by Gasteiger charge is 2.36. The van der Waals surface area contributed by atoms with E-state index in [4.69, 9.17) is 0 Å². The van der Waals surface area contributed by atoms with Gasteiger partial charge in [0.2, 0.25) is 0 Å². The number of para-hydroxylation sites is 3. The molecule has 0 atom stereocenters. The second kappa shape index (κ2) is 8.52. The van der Waals surface area contributed by atoms with Crippen molar-refractivity contribution in [3.05, 3.63) is 132 Å². The SMILES string of the molecule is CC1(C)c2ccccc2N(c2ccccc2-c2cccc(-c3cccnc3C#N)c2)c2ccccc21. The zero-order valence-electron chi connectivity index (χ0n) is 20.3. The molecule has 0 saturated carbocycles. The predicted octanol–water partition coefficient (Wildman–Crippen LogP) is 8.40. The van der Waals surface area contributed by atoms with Gasteiger partial charge < -0.3 is 4.90 Å². The Morgan fingerprint density at radius 1 is 0.639 bits per heavy atom. The molecule has 0 unspecified atom stereocenters. The Kier molecular flexibility index (Phi) is 5.16. The van der Waals surface area contributed by atoms with Crippen LogP contribution in [0, 0.1) is 11.3 Å². The maximum absolute atomic E-state index is 9.59. The number of aromatic nitrogens is 1. The first-order chi connectivity index (χ1) is 17.6. The lowest BCUT2D eigenvalue weighted by Crippen LogP contribution is -2.30. The van der Waals surface area contributed by atoms with Crippen molar-refractivity contribution >= 4 is 17.1 Å². The van der Waals surface area contributed by atoms with Gasteiger partial charge in [0, 0.05) is 22.7 Å². The summed E-state index contributed by atoms with van der Waals surface area (Å²) in [6, 6.07) is 40.4. The topological polar surface area (TPSA) is 39.9 Å². The van der Waals surface area contributed by atoms with Gasteiger partial charge in [-0.15, -0.1) is 0 Å². The van der Waals surface area contributed by atoms with Crippen LogP contribution in [0.4, 0.5) is 17.1 Å². The average molecular weight is 464 g/mol. The zero-order chi connectivity index (χ0) is 24.7. The highest BCUT2D eigenvalue weighted by molar-refractivity contribution is 5.93. The number of rotatable bonds is 3. The monoisotopic (exact) mass is 463 g/mol. The van der Waals surface area contributed by atoms with Crippen LogP contribution in [0.2, 0.25) is 0 Å². The van der Waals surface area contributed by atoms with Crippen LogP contribution in [0.15, 0.2) is 115 Å². The largest absolute Gasteiger partial charge is 0.309 e. The molecule has 1 aromatic heterocycles. The smallest absolute Gasteiger partial charge is 0.148 e. The molecule has 0 saturated heterocycles. The van der Waals surface area contributed by atoms with Gasteiger partial charge in [0.15, 0.2) is 0 Å². The first-order valence-electron chi connectivity index (χ1n) is 12.1. The van der Waals surface area contributed by atoms with Crippen molar-refractivity contribution < 1.29 is 0 Å². The van der Waals surface area contributed by atoms with Gasteiger partial charge in [-0.05, 0) is 58.7 Å². The Bertz CT molecular complexity index is 1590. The lowest BCUT2D eigenvalue weighted by Gasteiger charge is -2.42. The van der Waals surface area contributed by atoms with E-state index in [1.807, 2.05) is 18.2 Å². The lowest BCUT2D eigenvalue weighted by atomic mass is 9.73. The third-order valence-electron chi connectivity index (χ3n) is 7.18. The van der Waals surface area contributed by atoms with Crippen molar-refractivity contribution in [3.63, 3.8) is 0 Å². The van der Waals surface area contributed by atoms with E-state index in [-0.39, 0.29) is 5.41 Å². The van der Waals surface area contributed by atoms with E-state index >= 15 is 0 Å². The second-order valence-electron chi connectivity index (χ2n) is 9.60. The van der Waals surface area contributed by atoms with Crippen molar-refractivity contribution in [1.29, 1.82) is 5.26 Å². The third-order valence-corrected chi connectivity index (χ3v) is 7.18. The van der Waals surface area contributed by atoms with Crippen LogP contribution in [0.3, 0.4) is 0 Å². The molecular formula is C33H25N3. The molecule has 3 nitrogen and oxygen atoms in total. The van der Waals surface area contributed by atoms with Crippen LogP contribution in [0.5, 0.6) is 0 Å². The molecule has 4 aromatic carbocycles. The van der Waals surface area contributed by atoms with Gasteiger partial charge in [0.25, 0.3) is 0 Å². The molecule has 0 N–H and O–H groups in total. The first-order valence-corrected chi connectivity index (χ1v) is 12.1. The molecule has 3 heteroatoms. The Morgan fingerprint density at radius 2 is 1.19 bits per heavy atom. The Balaban J connectivity index is 1.57. The van der Waals surface area contributed by atoms with Crippen LogP contribution < -0.4 is 4.90 Å². The predicted molar refractivity (Wildman–Crippen MR) is 147 cm³/mol. The number of hydrogen-bond donors (Lipinski definition) is 0. The van der Waals surface area contributed by atoms with E-state index in [1.165, 1.54) is 22.5 Å². The fourth-order valence-corrected chi connectivity index (χ4v) is 5.42. The normalized spacial score (nSPS) is 13.4. The van der Waals surface area contributed by atoms with Crippen LogP contribution >= 0.6 is 0 Å². The number of hydrogen-bond acceptors (Lipinski definition) is 3. The van der Waals surface area contributed by atoms with Crippen molar-refractivity contribution in [3.8, 4) is 28.3 Å². The van der Waals surface area contributed by atoms with E-state index < -0.39 is 0 Å². The number of pyridine rings is 1. The molecule has 0 radical (unpaired) electrons. The summed E-state index contributed by atoms with van der Waals surface area (Å²) in [5.74, 6) is 0. The molecule has 1 aliphatic heterocycles. The highest BCUT2D eigenvalue weighted by atomic mass is 15.2. The molecule has 0 fully saturated rings. The minimum atomic E-state index is -0.105. The van der Waals surface area contributed by atoms with Crippen molar-refractivity contribution in [1.82, 2.24) is 4.98 Å². The molecule has 36 heavy (non-hydrogen) atoms. The molecule has 6 rings (SSSR count). The van der Waals surface area contributed by atoms with Gasteiger partial charge in [-0.2, -0.15) is 5.26 Å². The van der Waals surface area contributed by atoms with Crippen molar-refractivity contribution in [2.75, 3.05) is 4.90 Å². The molecular weight excluding hydrogens is 438 g/mol. The quantitative estimate of drug-likeness (QED) is 0.270. The Labute approximate surface area is 211 Å². The number of anilines is 3. The summed E-state index contributed by atoms with van der Waals surface area (Å²) in [4.78, 5) is 6.65. The molecule has 2 heterocycles. The van der Waals surface area contributed by atoms with Crippen molar-refractivity contribution in [2.24, 2.45) is 0 Å². The molecule has 172 valence electrons. The van der Waals surface area contributed by atoms with Gasteiger partial charge >= 0.3 is 0 Å². The summed E-state index contributed by atoms with van der Waals surface area (Å²) in [6.07, 6.45) is 1.66. The van der Waals surface area contributed by atoms with Crippen LogP contribution in [0.25, 0.3) is 22.3 Å². The standard InChI is InChI=1S/C33H25N3/c1-33(2)27-15-4-7-18-31(27)36(32-19-8-5-16-28(32)33)30-17-6-3-13-26(30)24-12-9-11-23(21-24)25-14-10-20-35-29(25)22-34/h3-21H,1-2H3. The first kappa shape index (κ1) is 21.8. The minimum absolute atomic E-state index is 0.105. The summed E-state index contributed by atoms with van der Waals surface area (Å²) in [5.41, 5.74) is 10.5. The molecule has 0 amide bonds. The Morgan fingerprint density at radius 3 is 1.86 bits per heavy atom. The summed E-state index contributed by atoms with van der Waals surface area (Å²) in [6.45, 7) is 4.61. The molecule has 0 spiro atoms. The summed E-state index contributed by atoms with van der Waals surface area (Å²) < 4.78 is 0. The molecule has 0 bridgehead atoms. The Hall–Kier alpha value is -4.68. The van der Waals surface area contributed by atoms with Gasteiger partial charge in [-0.25, -0.2) is 4.98 Å². The zero-order valence-corrected chi connectivity index (χ0v) is 20.3. The molecule has 1 aliphatic rings. The van der Waals surface area contributed by atoms with Gasteiger partial charge in [0.1, 0.15) is 11.8 Å². The van der Waals surface area contributed by atoms with E-state index in [0.717, 1.165) is 27.9 Å². The van der Waals surface area contributed by atoms with E-state index in [1.54, 1.807) is 6.20 Å². The second-order valence-corrected chi connectivity index (χ2v) is 9.60. The number of benzene rings is 4. The van der Waals surface area contributed by atoms with Crippen molar-refractivity contribution in [2.45, 2.75) is 19.3 Å². The highest BCUT2D eigenvalue weighted by Crippen LogP contribution is 2.53. The maximum Gasteiger partial charge on any atom is 0.148 e. The fraction of sp³-hybridized carbons (Fsp3) is 0.0909. The number of fused-ring (bicyclic) bond motifs is 2. The molecule has 5 aromatic rings. The fourth-order valence-electron chi connectivity index (χ4n) is 5.42. The van der Waals surface area contributed by atoms with Crippen LogP contribution in [-0.4, -0.2) is 4.98 Å². The number of nitrogens with zero attached hydrogens (tertiary/aromatic N) is 3. The van der Waals surface area contributed by atoms with E-state index in [2.05, 4.69) is 121 Å². The number of nitriles is 1. The lowest BCUT2D eigenvalue weighted by molar-refractivity contribution is 0.632. The van der Waals surface area contributed by atoms with Crippen LogP contribution in [0.1, 0.15) is 30.7 Å².